The maximum absolute atomic E-state index is 12.7. The smallest absolute Gasteiger partial charge is 0.228 e. The highest BCUT2D eigenvalue weighted by atomic mass is 16.5. The maximum atomic E-state index is 12.7. The molecule has 0 saturated heterocycles. The van der Waals surface area contributed by atoms with E-state index in [9.17, 15) is 24.9 Å². The minimum Gasteiger partial charge on any atom is -0.504 e. The van der Waals surface area contributed by atoms with Crippen LogP contribution in [0.15, 0.2) is 29.6 Å². The molecule has 0 radical (unpaired) electrons. The van der Waals surface area contributed by atoms with Crippen molar-refractivity contribution in [3.8, 4) is 17.2 Å². The van der Waals surface area contributed by atoms with E-state index in [0.29, 0.717) is 5.57 Å². The van der Waals surface area contributed by atoms with Crippen molar-refractivity contribution in [3.05, 3.63) is 40.7 Å². The number of methoxy groups -OCH3 is 2. The molecule has 0 bridgehead atoms. The maximum Gasteiger partial charge on any atom is 0.228 e. The lowest BCUT2D eigenvalue weighted by molar-refractivity contribution is 0.0891. The summed E-state index contributed by atoms with van der Waals surface area (Å²) in [4.78, 5) is 25.3. The van der Waals surface area contributed by atoms with Crippen LogP contribution in [0.1, 0.15) is 34.1 Å². The van der Waals surface area contributed by atoms with E-state index in [1.54, 1.807) is 6.92 Å². The molecule has 1 unspecified atom stereocenters. The average Bonchev–Trinajstić information content (AvgIpc) is 2.54. The number of ketones is 2. The normalized spacial score (nSPS) is 15.2. The summed E-state index contributed by atoms with van der Waals surface area (Å²) in [6, 6.07) is 1.16. The molecule has 1 aliphatic rings. The van der Waals surface area contributed by atoms with Crippen LogP contribution in [0.3, 0.4) is 0 Å². The van der Waals surface area contributed by atoms with Gasteiger partial charge < -0.3 is 24.8 Å². The molecule has 0 spiro atoms. The lowest BCUT2D eigenvalue weighted by atomic mass is 9.84. The van der Waals surface area contributed by atoms with Gasteiger partial charge in [0.05, 0.1) is 25.9 Å². The fourth-order valence-electron chi connectivity index (χ4n) is 2.48. The molecule has 1 aliphatic carbocycles. The number of carbonyl (C=O) groups excluding carboxylic acids is 2. The zero-order valence-corrected chi connectivity index (χ0v) is 13.5. The topological polar surface area (TPSA) is 113 Å². The molecule has 3 N–H and O–H groups in total. The van der Waals surface area contributed by atoms with Crippen molar-refractivity contribution >= 4 is 11.6 Å². The Kier molecular flexibility index (Phi) is 4.66. The van der Waals surface area contributed by atoms with E-state index < -0.39 is 29.2 Å². The third kappa shape index (κ3) is 2.63. The first-order valence-electron chi connectivity index (χ1n) is 7.07. The van der Waals surface area contributed by atoms with Crippen LogP contribution in [0.5, 0.6) is 17.2 Å². The Labute approximate surface area is 138 Å². The van der Waals surface area contributed by atoms with Crippen LogP contribution in [0, 0.1) is 0 Å². The van der Waals surface area contributed by atoms with Gasteiger partial charge >= 0.3 is 0 Å². The van der Waals surface area contributed by atoms with E-state index in [1.807, 2.05) is 0 Å². The Hall–Kier alpha value is -2.80. The first-order valence-corrected chi connectivity index (χ1v) is 7.07. The number of fused-ring (bicyclic) bond motifs is 1. The molecule has 0 heterocycles. The fraction of sp³-hybridized carbons (Fsp3) is 0.294. The van der Waals surface area contributed by atoms with E-state index in [-0.39, 0.29) is 34.6 Å². The van der Waals surface area contributed by atoms with Gasteiger partial charge in [-0.15, -0.1) is 0 Å². The highest BCUT2D eigenvalue weighted by molar-refractivity contribution is 6.27. The van der Waals surface area contributed by atoms with Crippen molar-refractivity contribution in [3.63, 3.8) is 0 Å². The summed E-state index contributed by atoms with van der Waals surface area (Å²) in [5.74, 6) is -3.12. The summed E-state index contributed by atoms with van der Waals surface area (Å²) in [5, 5.41) is 30.0. The van der Waals surface area contributed by atoms with Gasteiger partial charge in [0.1, 0.15) is 0 Å². The number of hydrogen-bond acceptors (Lipinski definition) is 7. The summed E-state index contributed by atoms with van der Waals surface area (Å²) in [6.45, 7) is 5.18. The minimum atomic E-state index is -1.06. The lowest BCUT2D eigenvalue weighted by Crippen LogP contribution is -2.26. The number of benzene rings is 1. The average molecular weight is 334 g/mol. The van der Waals surface area contributed by atoms with Crippen molar-refractivity contribution in [1.82, 2.24) is 0 Å². The summed E-state index contributed by atoms with van der Waals surface area (Å²) >= 11 is 0. The monoisotopic (exact) mass is 334 g/mol. The molecule has 0 aromatic heterocycles. The number of rotatable bonds is 5. The summed E-state index contributed by atoms with van der Waals surface area (Å²) in [7, 11) is 2.48. The number of phenols is 2. The molecule has 128 valence electrons. The van der Waals surface area contributed by atoms with Crippen LogP contribution in [-0.4, -0.2) is 47.2 Å². The van der Waals surface area contributed by atoms with E-state index >= 15 is 0 Å². The van der Waals surface area contributed by atoms with Crippen LogP contribution in [0.2, 0.25) is 0 Å². The highest BCUT2D eigenvalue weighted by Crippen LogP contribution is 2.44. The van der Waals surface area contributed by atoms with Gasteiger partial charge in [-0.1, -0.05) is 12.2 Å². The second kappa shape index (κ2) is 6.37. The van der Waals surface area contributed by atoms with Crippen molar-refractivity contribution < 1.29 is 34.4 Å². The van der Waals surface area contributed by atoms with Crippen LogP contribution in [-0.2, 0) is 4.74 Å². The van der Waals surface area contributed by atoms with Crippen molar-refractivity contribution in [1.29, 1.82) is 0 Å². The zero-order valence-electron chi connectivity index (χ0n) is 13.5. The number of aliphatic hydroxyl groups is 1. The molecule has 2 rings (SSSR count). The van der Waals surface area contributed by atoms with Gasteiger partial charge in [0.2, 0.25) is 11.5 Å². The highest BCUT2D eigenvalue weighted by Gasteiger charge is 2.38. The molecule has 0 aliphatic heterocycles. The summed E-state index contributed by atoms with van der Waals surface area (Å²) in [5.41, 5.74) is -0.170. The standard InChI is InChI=1S/C17H18O7/c1-7(2)10(18)5-9-13(19)12-8(14(20)17(9)24-4)6-11(23-3)15(21)16(12)22/h6,10,18,21-22H,1,5H2,2-4H3. The second-order valence-electron chi connectivity index (χ2n) is 5.43. The molecule has 0 amide bonds. The van der Waals surface area contributed by atoms with Crippen molar-refractivity contribution in [2.24, 2.45) is 0 Å². The Balaban J connectivity index is 2.67. The SMILES string of the molecule is C=C(C)C(O)CC1=C(OC)C(=O)c2cc(OC)c(O)c(O)c2C1=O. The largest absolute Gasteiger partial charge is 0.504 e. The van der Waals surface area contributed by atoms with E-state index in [2.05, 4.69) is 6.58 Å². The number of aliphatic hydroxyl groups excluding tert-OH is 1. The number of hydrogen-bond donors (Lipinski definition) is 3. The number of phenolic OH excluding ortho intramolecular Hbond substituents is 2. The van der Waals surface area contributed by atoms with Crippen LogP contribution in [0.25, 0.3) is 0 Å². The molecule has 1 aromatic rings. The molecule has 0 saturated carbocycles. The fourth-order valence-corrected chi connectivity index (χ4v) is 2.48. The van der Waals surface area contributed by atoms with Gasteiger partial charge in [-0.3, -0.25) is 9.59 Å². The molecule has 0 fully saturated rings. The van der Waals surface area contributed by atoms with Gasteiger partial charge in [-0.25, -0.2) is 0 Å². The molecular formula is C17H18O7. The first kappa shape index (κ1) is 17.6. The van der Waals surface area contributed by atoms with Gasteiger partial charge in [0, 0.05) is 17.6 Å². The van der Waals surface area contributed by atoms with Crippen LogP contribution in [0.4, 0.5) is 0 Å². The second-order valence-corrected chi connectivity index (χ2v) is 5.43. The number of Topliss-reactive ketones (excluding diaryl/α,β-unsaturated/α-hetero) is 2. The predicted molar refractivity (Wildman–Crippen MR) is 84.5 cm³/mol. The summed E-state index contributed by atoms with van der Waals surface area (Å²) < 4.78 is 9.94. The van der Waals surface area contributed by atoms with Crippen molar-refractivity contribution in [2.45, 2.75) is 19.4 Å². The predicted octanol–water partition coefficient (Wildman–Crippen LogP) is 1.71. The van der Waals surface area contributed by atoms with Gasteiger partial charge in [-0.05, 0) is 13.0 Å². The quantitative estimate of drug-likeness (QED) is 0.555. The van der Waals surface area contributed by atoms with Crippen molar-refractivity contribution in [2.75, 3.05) is 14.2 Å². The first-order chi connectivity index (χ1) is 11.2. The molecule has 24 heavy (non-hydrogen) atoms. The number of ether oxygens (including phenoxy) is 2. The Morgan fingerprint density at radius 3 is 2.29 bits per heavy atom. The summed E-state index contributed by atoms with van der Waals surface area (Å²) in [6.07, 6.45) is -1.26. The van der Waals surface area contributed by atoms with Crippen LogP contribution >= 0.6 is 0 Å². The Bertz CT molecular complexity index is 774. The molecule has 1 aromatic carbocycles. The Morgan fingerprint density at radius 1 is 1.17 bits per heavy atom. The molecule has 7 heteroatoms. The third-order valence-electron chi connectivity index (χ3n) is 3.86. The Morgan fingerprint density at radius 2 is 1.79 bits per heavy atom. The minimum absolute atomic E-state index is 0.0923. The molecule has 7 nitrogen and oxygen atoms in total. The third-order valence-corrected chi connectivity index (χ3v) is 3.86. The van der Waals surface area contributed by atoms with Gasteiger partial charge in [0.25, 0.3) is 0 Å². The van der Waals surface area contributed by atoms with E-state index in [1.165, 1.54) is 14.2 Å². The molecular weight excluding hydrogens is 316 g/mol. The number of aromatic hydroxyl groups is 2. The van der Waals surface area contributed by atoms with Gasteiger partial charge in [-0.2, -0.15) is 0 Å². The number of allylic oxidation sites excluding steroid dienone is 1. The zero-order chi connectivity index (χ0) is 18.2. The number of carbonyl (C=O) groups is 2. The molecule has 1 atom stereocenters. The van der Waals surface area contributed by atoms with Gasteiger partial charge in [0.15, 0.2) is 23.0 Å². The van der Waals surface area contributed by atoms with E-state index in [4.69, 9.17) is 9.47 Å². The van der Waals surface area contributed by atoms with E-state index in [0.717, 1.165) is 6.07 Å². The van der Waals surface area contributed by atoms with Crippen LogP contribution < -0.4 is 4.74 Å². The lowest BCUT2D eigenvalue weighted by Gasteiger charge is -2.23.